The second-order valence-electron chi connectivity index (χ2n) is 10.3. The van der Waals surface area contributed by atoms with E-state index in [9.17, 15) is 9.59 Å². The summed E-state index contributed by atoms with van der Waals surface area (Å²) in [6.45, 7) is 5.57. The number of rotatable bonds is 7. The SMILES string of the molecule is CC(Cc1ccccc1)C(=O)N1CCC(c2nc(C(=O)Nc3ccccc3N3CCCCC3)cs2)CC1. The maximum atomic E-state index is 13.1. The van der Waals surface area contributed by atoms with Gasteiger partial charge in [0.1, 0.15) is 5.69 Å². The molecule has 2 aromatic carbocycles. The molecule has 3 heterocycles. The normalized spacial score (nSPS) is 17.4. The number of para-hydroxylation sites is 2. The summed E-state index contributed by atoms with van der Waals surface area (Å²) in [5.74, 6) is 0.339. The summed E-state index contributed by atoms with van der Waals surface area (Å²) in [5.41, 5.74) is 3.61. The molecule has 0 radical (unpaired) electrons. The third kappa shape index (κ3) is 6.21. The predicted molar refractivity (Wildman–Crippen MR) is 150 cm³/mol. The van der Waals surface area contributed by atoms with Gasteiger partial charge in [-0.3, -0.25) is 9.59 Å². The van der Waals surface area contributed by atoms with Crippen molar-refractivity contribution in [2.24, 2.45) is 5.92 Å². The number of carbonyl (C=O) groups is 2. The first-order valence-corrected chi connectivity index (χ1v) is 14.4. The molecule has 5 rings (SSSR count). The van der Waals surface area contributed by atoms with Crippen LogP contribution in [0, 0.1) is 5.92 Å². The zero-order chi connectivity index (χ0) is 25.6. The minimum Gasteiger partial charge on any atom is -0.370 e. The van der Waals surface area contributed by atoms with Crippen molar-refractivity contribution < 1.29 is 9.59 Å². The zero-order valence-electron chi connectivity index (χ0n) is 21.6. The molecule has 0 bridgehead atoms. The Balaban J connectivity index is 1.16. The van der Waals surface area contributed by atoms with Crippen molar-refractivity contribution in [1.82, 2.24) is 9.88 Å². The average Bonchev–Trinajstić information content (AvgIpc) is 3.45. The second kappa shape index (κ2) is 11.9. The Hall–Kier alpha value is -3.19. The molecule has 1 N–H and O–H groups in total. The van der Waals surface area contributed by atoms with E-state index in [2.05, 4.69) is 28.4 Å². The summed E-state index contributed by atoms with van der Waals surface area (Å²) in [4.78, 5) is 35.2. The zero-order valence-corrected chi connectivity index (χ0v) is 22.4. The molecular weight excluding hydrogens is 480 g/mol. The van der Waals surface area contributed by atoms with Gasteiger partial charge in [-0.25, -0.2) is 4.98 Å². The first kappa shape index (κ1) is 25.5. The van der Waals surface area contributed by atoms with Gasteiger partial charge in [-0.15, -0.1) is 11.3 Å². The van der Waals surface area contributed by atoms with Gasteiger partial charge >= 0.3 is 0 Å². The van der Waals surface area contributed by atoms with E-state index in [1.807, 2.05) is 53.6 Å². The number of benzene rings is 2. The highest BCUT2D eigenvalue weighted by molar-refractivity contribution is 7.10. The van der Waals surface area contributed by atoms with Crippen LogP contribution in [0.2, 0.25) is 0 Å². The fraction of sp³-hybridized carbons (Fsp3) is 0.433. The van der Waals surface area contributed by atoms with Crippen molar-refractivity contribution in [3.8, 4) is 0 Å². The fourth-order valence-electron chi connectivity index (χ4n) is 5.47. The number of nitrogens with zero attached hydrogens (tertiary/aromatic N) is 3. The molecule has 1 atom stereocenters. The topological polar surface area (TPSA) is 65.5 Å². The minimum atomic E-state index is -0.158. The molecule has 3 aromatic rings. The third-order valence-electron chi connectivity index (χ3n) is 7.57. The van der Waals surface area contributed by atoms with Gasteiger partial charge in [0.05, 0.1) is 16.4 Å². The lowest BCUT2D eigenvalue weighted by Gasteiger charge is -2.33. The fourth-order valence-corrected chi connectivity index (χ4v) is 6.44. The molecule has 0 aliphatic carbocycles. The highest BCUT2D eigenvalue weighted by Gasteiger charge is 2.28. The number of hydrogen-bond acceptors (Lipinski definition) is 5. The van der Waals surface area contributed by atoms with Crippen LogP contribution in [-0.4, -0.2) is 47.9 Å². The van der Waals surface area contributed by atoms with E-state index in [0.717, 1.165) is 61.8 Å². The maximum Gasteiger partial charge on any atom is 0.275 e. The van der Waals surface area contributed by atoms with Gasteiger partial charge in [0, 0.05) is 43.4 Å². The van der Waals surface area contributed by atoms with Crippen molar-refractivity contribution in [2.75, 3.05) is 36.4 Å². The number of likely N-dealkylation sites (tertiary alicyclic amines) is 1. The molecule has 0 spiro atoms. The van der Waals surface area contributed by atoms with Gasteiger partial charge in [0.25, 0.3) is 5.91 Å². The molecule has 6 nitrogen and oxygen atoms in total. The summed E-state index contributed by atoms with van der Waals surface area (Å²) in [6, 6.07) is 18.3. The van der Waals surface area contributed by atoms with E-state index in [4.69, 9.17) is 4.98 Å². The van der Waals surface area contributed by atoms with Gasteiger partial charge in [0.2, 0.25) is 5.91 Å². The van der Waals surface area contributed by atoms with Crippen LogP contribution >= 0.6 is 11.3 Å². The Morgan fingerprint density at radius 2 is 1.68 bits per heavy atom. The molecule has 2 aliphatic heterocycles. The van der Waals surface area contributed by atoms with Gasteiger partial charge in [0.15, 0.2) is 0 Å². The van der Waals surface area contributed by atoms with E-state index < -0.39 is 0 Å². The van der Waals surface area contributed by atoms with Crippen molar-refractivity contribution in [3.63, 3.8) is 0 Å². The van der Waals surface area contributed by atoms with Crippen LogP contribution in [0.25, 0.3) is 0 Å². The van der Waals surface area contributed by atoms with Crippen molar-refractivity contribution >= 4 is 34.5 Å². The molecule has 1 aromatic heterocycles. The quantitative estimate of drug-likeness (QED) is 0.420. The minimum absolute atomic E-state index is 0.0260. The van der Waals surface area contributed by atoms with Crippen LogP contribution in [0.5, 0.6) is 0 Å². The van der Waals surface area contributed by atoms with Crippen molar-refractivity contribution in [1.29, 1.82) is 0 Å². The van der Waals surface area contributed by atoms with E-state index in [-0.39, 0.29) is 17.7 Å². The lowest BCUT2D eigenvalue weighted by Crippen LogP contribution is -2.41. The van der Waals surface area contributed by atoms with E-state index in [0.29, 0.717) is 11.6 Å². The number of hydrogen-bond donors (Lipinski definition) is 1. The lowest BCUT2D eigenvalue weighted by molar-refractivity contribution is -0.136. The summed E-state index contributed by atoms with van der Waals surface area (Å²) in [5, 5.41) is 5.97. The molecule has 2 amide bonds. The van der Waals surface area contributed by atoms with Gasteiger partial charge in [-0.1, -0.05) is 49.4 Å². The van der Waals surface area contributed by atoms with Crippen LogP contribution in [0.1, 0.15) is 66.0 Å². The third-order valence-corrected chi connectivity index (χ3v) is 8.57. The molecule has 2 saturated heterocycles. The number of aromatic nitrogens is 1. The monoisotopic (exact) mass is 516 g/mol. The van der Waals surface area contributed by atoms with Crippen molar-refractivity contribution in [3.05, 3.63) is 76.2 Å². The van der Waals surface area contributed by atoms with Gasteiger partial charge in [-0.05, 0) is 56.2 Å². The molecule has 0 saturated carbocycles. The highest BCUT2D eigenvalue weighted by atomic mass is 32.1. The van der Waals surface area contributed by atoms with Crippen LogP contribution in [0.4, 0.5) is 11.4 Å². The number of thiazole rings is 1. The largest absolute Gasteiger partial charge is 0.370 e. The number of nitrogens with one attached hydrogen (secondary N) is 1. The van der Waals surface area contributed by atoms with Crippen LogP contribution in [0.15, 0.2) is 60.0 Å². The first-order chi connectivity index (χ1) is 18.1. The van der Waals surface area contributed by atoms with Gasteiger partial charge in [-0.2, -0.15) is 0 Å². The molecular formula is C30H36N4O2S. The molecule has 1 unspecified atom stereocenters. The smallest absolute Gasteiger partial charge is 0.275 e. The lowest BCUT2D eigenvalue weighted by atomic mass is 9.94. The predicted octanol–water partition coefficient (Wildman–Crippen LogP) is 5.97. The molecule has 2 fully saturated rings. The average molecular weight is 517 g/mol. The summed E-state index contributed by atoms with van der Waals surface area (Å²) < 4.78 is 0. The van der Waals surface area contributed by atoms with E-state index >= 15 is 0 Å². The Kier molecular flexibility index (Phi) is 8.19. The van der Waals surface area contributed by atoms with Crippen LogP contribution in [-0.2, 0) is 11.2 Å². The van der Waals surface area contributed by atoms with E-state index in [1.165, 1.54) is 24.8 Å². The van der Waals surface area contributed by atoms with Crippen LogP contribution in [0.3, 0.4) is 0 Å². The Morgan fingerprint density at radius 3 is 2.43 bits per heavy atom. The summed E-state index contributed by atoms with van der Waals surface area (Å²) >= 11 is 1.56. The summed E-state index contributed by atoms with van der Waals surface area (Å²) in [7, 11) is 0. The number of carbonyl (C=O) groups excluding carboxylic acids is 2. The van der Waals surface area contributed by atoms with Gasteiger partial charge < -0.3 is 15.1 Å². The standard InChI is InChI=1S/C30H36N4O2S/c1-22(20-23-10-4-2-5-11-23)30(36)34-18-14-24(15-19-34)29-32-26(21-37-29)28(35)31-25-12-6-7-13-27(25)33-16-8-3-9-17-33/h2,4-7,10-13,21-22,24H,3,8-9,14-20H2,1H3,(H,31,35). The number of piperidine rings is 2. The van der Waals surface area contributed by atoms with E-state index in [1.54, 1.807) is 11.3 Å². The molecule has 7 heteroatoms. The molecule has 37 heavy (non-hydrogen) atoms. The number of amides is 2. The van der Waals surface area contributed by atoms with Crippen molar-refractivity contribution in [2.45, 2.75) is 51.4 Å². The first-order valence-electron chi connectivity index (χ1n) is 13.5. The molecule has 2 aliphatic rings. The second-order valence-corrected chi connectivity index (χ2v) is 11.2. The number of anilines is 2. The summed E-state index contributed by atoms with van der Waals surface area (Å²) in [6.07, 6.45) is 6.19. The molecule has 194 valence electrons. The Bertz CT molecular complexity index is 1200. The maximum absolute atomic E-state index is 13.1. The Morgan fingerprint density at radius 1 is 0.973 bits per heavy atom. The van der Waals surface area contributed by atoms with Crippen LogP contribution < -0.4 is 10.2 Å². The Labute approximate surface area is 223 Å². The highest BCUT2D eigenvalue weighted by Crippen LogP contribution is 2.32.